The number of alkyl halides is 2. The van der Waals surface area contributed by atoms with E-state index >= 15 is 0 Å². The molecule has 0 bridgehead atoms. The maximum atomic E-state index is 13.8. The van der Waals surface area contributed by atoms with E-state index in [2.05, 4.69) is 76.1 Å². The second-order valence-corrected chi connectivity index (χ2v) is 17.0. The fraction of sp³-hybridized carbons (Fsp3) is 0.773. The van der Waals surface area contributed by atoms with Gasteiger partial charge in [0, 0.05) is 10.7 Å². The average molecular weight is 861 g/mol. The summed E-state index contributed by atoms with van der Waals surface area (Å²) >= 11 is 7.08. The summed E-state index contributed by atoms with van der Waals surface area (Å²) in [4.78, 5) is 0. The predicted octanol–water partition coefficient (Wildman–Crippen LogP) is 17.1. The molecule has 4 nitrogen and oxygen atoms in total. The van der Waals surface area contributed by atoms with E-state index in [1.165, 1.54) is 154 Å². The molecule has 1 aromatic rings. The zero-order chi connectivity index (χ0) is 36.9. The van der Waals surface area contributed by atoms with Crippen LogP contribution in [0.25, 0.3) is 0 Å². The van der Waals surface area contributed by atoms with Crippen LogP contribution in [0.15, 0.2) is 42.5 Å². The minimum atomic E-state index is -3.73. The van der Waals surface area contributed by atoms with Gasteiger partial charge in [0.05, 0.1) is 13.2 Å². The Hall–Kier alpha value is -0.390. The molecule has 0 heterocycles. The van der Waals surface area contributed by atoms with Crippen molar-refractivity contribution in [1.82, 2.24) is 0 Å². The third kappa shape index (κ3) is 30.6. The van der Waals surface area contributed by atoms with Crippen LogP contribution < -0.4 is 4.52 Å². The fourth-order valence-corrected chi connectivity index (χ4v) is 8.10. The van der Waals surface area contributed by atoms with E-state index in [-0.39, 0.29) is 0 Å². The normalized spacial score (nSPS) is 12.2. The van der Waals surface area contributed by atoms with Crippen molar-refractivity contribution in [3.05, 3.63) is 53.6 Å². The van der Waals surface area contributed by atoms with Gasteiger partial charge in [-0.15, -0.1) is 0 Å². The Morgan fingerprint density at radius 2 is 0.784 bits per heavy atom. The summed E-state index contributed by atoms with van der Waals surface area (Å²) in [6.07, 6.45) is 44.6. The molecule has 51 heavy (non-hydrogen) atoms. The van der Waals surface area contributed by atoms with Gasteiger partial charge in [0.2, 0.25) is 0 Å². The van der Waals surface area contributed by atoms with Crippen molar-refractivity contribution in [3.63, 3.8) is 0 Å². The molecule has 0 amide bonds. The summed E-state index contributed by atoms with van der Waals surface area (Å²) in [7, 11) is -3.73. The number of hydrogen-bond acceptors (Lipinski definition) is 4. The highest BCUT2D eigenvalue weighted by atomic mass is 79.9. The quantitative estimate of drug-likeness (QED) is 0.0288. The van der Waals surface area contributed by atoms with Gasteiger partial charge < -0.3 is 4.52 Å². The monoisotopic (exact) mass is 858 g/mol. The SMILES string of the molecule is CCCCCCCC/C=C\CCCCCCCCOP(=O)(OCCCCCCCC/C=C\CCCCCCCC)Oc1cc(CBr)cc(CBr)c1. The Bertz CT molecular complexity index is 945. The minimum absolute atomic E-state index is 0.384. The minimum Gasteiger partial charge on any atom is -0.404 e. The summed E-state index contributed by atoms with van der Waals surface area (Å²) in [5.74, 6) is 0.534. The van der Waals surface area contributed by atoms with Crippen LogP contribution >= 0.6 is 39.7 Å². The number of unbranched alkanes of at least 4 members (excludes halogenated alkanes) is 24. The largest absolute Gasteiger partial charge is 0.530 e. The fourth-order valence-electron chi connectivity index (χ4n) is 6.21. The molecular formula is C44H77Br2O4P. The Kier molecular flexibility index (Phi) is 34.9. The number of benzene rings is 1. The lowest BCUT2D eigenvalue weighted by Gasteiger charge is -2.19. The van der Waals surface area contributed by atoms with Crippen LogP contribution in [0.2, 0.25) is 0 Å². The van der Waals surface area contributed by atoms with E-state index in [1.807, 2.05) is 12.1 Å². The molecule has 0 spiro atoms. The van der Waals surface area contributed by atoms with Crippen LogP contribution in [-0.4, -0.2) is 13.2 Å². The molecule has 0 aliphatic carbocycles. The molecule has 0 saturated carbocycles. The molecule has 0 saturated heterocycles. The van der Waals surface area contributed by atoms with E-state index in [4.69, 9.17) is 13.6 Å². The third-order valence-electron chi connectivity index (χ3n) is 9.36. The van der Waals surface area contributed by atoms with E-state index in [1.54, 1.807) is 0 Å². The molecule has 0 aliphatic heterocycles. The van der Waals surface area contributed by atoms with Crippen molar-refractivity contribution < 1.29 is 18.1 Å². The molecule has 1 rings (SSSR count). The van der Waals surface area contributed by atoms with Gasteiger partial charge >= 0.3 is 7.82 Å². The van der Waals surface area contributed by atoms with Crippen LogP contribution in [0.1, 0.15) is 205 Å². The molecule has 0 unspecified atom stereocenters. The number of rotatable bonds is 38. The van der Waals surface area contributed by atoms with Crippen LogP contribution in [0.3, 0.4) is 0 Å². The van der Waals surface area contributed by atoms with E-state index in [9.17, 15) is 4.57 Å². The molecule has 296 valence electrons. The molecule has 0 aromatic heterocycles. The smallest absolute Gasteiger partial charge is 0.404 e. The Labute approximate surface area is 333 Å². The van der Waals surface area contributed by atoms with Crippen LogP contribution in [0.5, 0.6) is 5.75 Å². The number of allylic oxidation sites excluding steroid dienone is 4. The van der Waals surface area contributed by atoms with Gasteiger partial charge in [-0.2, -0.15) is 0 Å². The Morgan fingerprint density at radius 3 is 1.12 bits per heavy atom. The van der Waals surface area contributed by atoms with Gasteiger partial charge in [0.1, 0.15) is 5.75 Å². The van der Waals surface area contributed by atoms with Crippen molar-refractivity contribution >= 4 is 39.7 Å². The predicted molar refractivity (Wildman–Crippen MR) is 231 cm³/mol. The molecule has 0 aliphatic rings. The summed E-state index contributed by atoms with van der Waals surface area (Å²) in [6, 6.07) is 5.92. The average Bonchev–Trinajstić information content (AvgIpc) is 3.14. The van der Waals surface area contributed by atoms with Crippen molar-refractivity contribution in [2.75, 3.05) is 13.2 Å². The molecule has 0 radical (unpaired) electrons. The maximum Gasteiger partial charge on any atom is 0.530 e. The lowest BCUT2D eigenvalue weighted by atomic mass is 10.1. The zero-order valence-corrected chi connectivity index (χ0v) is 37.1. The lowest BCUT2D eigenvalue weighted by molar-refractivity contribution is 0.150. The summed E-state index contributed by atoms with van der Waals surface area (Å²) in [6.45, 7) is 5.32. The zero-order valence-electron chi connectivity index (χ0n) is 33.0. The highest BCUT2D eigenvalue weighted by Gasteiger charge is 2.28. The molecule has 1 aromatic carbocycles. The standard InChI is InChI=1S/C44H77Br2O4P/c1-3-5-7-9-11-13-15-17-19-21-23-25-27-29-31-33-35-48-51(47,50-44-38-42(40-45)37-43(39-44)41-46)49-36-34-32-30-28-26-24-22-20-18-16-14-12-10-8-6-4-2/h17-20,37-39H,3-16,21-36,40-41H2,1-2H3/b19-17-,20-18-. The first-order chi connectivity index (χ1) is 25.1. The summed E-state index contributed by atoms with van der Waals surface area (Å²) < 4.78 is 31.6. The molecule has 0 atom stereocenters. The second kappa shape index (κ2) is 36.6. The van der Waals surface area contributed by atoms with Crippen LogP contribution in [-0.2, 0) is 24.3 Å². The first-order valence-electron chi connectivity index (χ1n) is 21.2. The van der Waals surface area contributed by atoms with Crippen LogP contribution in [0, 0.1) is 0 Å². The van der Waals surface area contributed by atoms with E-state index in [0.29, 0.717) is 29.6 Å². The molecule has 0 fully saturated rings. The first kappa shape index (κ1) is 48.6. The highest BCUT2D eigenvalue weighted by molar-refractivity contribution is 9.08. The molecule has 7 heteroatoms. The highest BCUT2D eigenvalue weighted by Crippen LogP contribution is 2.50. The number of phosphoric acid groups is 1. The van der Waals surface area contributed by atoms with Gasteiger partial charge in [-0.05, 0) is 87.5 Å². The van der Waals surface area contributed by atoms with Gasteiger partial charge in [-0.1, -0.05) is 192 Å². The van der Waals surface area contributed by atoms with Crippen molar-refractivity contribution in [1.29, 1.82) is 0 Å². The number of halogens is 2. The third-order valence-corrected chi connectivity index (χ3v) is 12.1. The Morgan fingerprint density at radius 1 is 0.471 bits per heavy atom. The van der Waals surface area contributed by atoms with E-state index < -0.39 is 7.82 Å². The van der Waals surface area contributed by atoms with Gasteiger partial charge in [-0.3, -0.25) is 9.05 Å². The Balaban J connectivity index is 2.28. The van der Waals surface area contributed by atoms with Crippen molar-refractivity contribution in [2.24, 2.45) is 0 Å². The summed E-state index contributed by atoms with van der Waals surface area (Å²) in [5.41, 5.74) is 2.13. The topological polar surface area (TPSA) is 44.8 Å². The lowest BCUT2D eigenvalue weighted by Crippen LogP contribution is -2.06. The first-order valence-corrected chi connectivity index (χ1v) is 24.9. The molecular weight excluding hydrogens is 783 g/mol. The number of hydrogen-bond donors (Lipinski definition) is 0. The van der Waals surface area contributed by atoms with Crippen LogP contribution in [0.4, 0.5) is 0 Å². The van der Waals surface area contributed by atoms with Crippen molar-refractivity contribution in [2.45, 2.75) is 204 Å². The van der Waals surface area contributed by atoms with Gasteiger partial charge in [-0.25, -0.2) is 4.57 Å². The molecule has 0 N–H and O–H groups in total. The number of phosphoric ester groups is 1. The second-order valence-electron chi connectivity index (χ2n) is 14.3. The van der Waals surface area contributed by atoms with Gasteiger partial charge in [0.25, 0.3) is 0 Å². The van der Waals surface area contributed by atoms with Crippen molar-refractivity contribution in [3.8, 4) is 5.75 Å². The van der Waals surface area contributed by atoms with Gasteiger partial charge in [0.15, 0.2) is 0 Å². The maximum absolute atomic E-state index is 13.8. The van der Waals surface area contributed by atoms with E-state index in [0.717, 1.165) is 36.8 Å². The summed E-state index contributed by atoms with van der Waals surface area (Å²) in [5, 5.41) is 1.39.